The van der Waals surface area contributed by atoms with E-state index in [1.807, 2.05) is 13.8 Å². The summed E-state index contributed by atoms with van der Waals surface area (Å²) in [5, 5.41) is 9.94. The number of aliphatic hydroxyl groups excluding tert-OH is 1. The van der Waals surface area contributed by atoms with E-state index < -0.39 is 12.3 Å². The van der Waals surface area contributed by atoms with E-state index in [2.05, 4.69) is 9.97 Å². The Morgan fingerprint density at radius 3 is 2.19 bits per heavy atom. The van der Waals surface area contributed by atoms with Gasteiger partial charge in [-0.15, -0.1) is 12.4 Å². The minimum Gasteiger partial charge on any atom is -0.490 e. The molecule has 26 heavy (non-hydrogen) atoms. The van der Waals surface area contributed by atoms with Crippen LogP contribution in [-0.2, 0) is 0 Å². The monoisotopic (exact) mass is 383 g/mol. The molecule has 2 atom stereocenters. The van der Waals surface area contributed by atoms with Gasteiger partial charge in [0.25, 0.3) is 0 Å². The molecule has 2 rings (SSSR count). The molecule has 2 aromatic rings. The standard InChI is InChI=1S/C18H25N3O4.ClH/c1-13(2)12-16(22)17(19)25-15-6-4-14(5-7-15)23-10-11-24-18-20-8-3-9-21-18;/h3-9,13,16-17,22H,10-12,19H2,1-2H3;1H. The molecule has 1 aromatic carbocycles. The third kappa shape index (κ3) is 7.86. The third-order valence-corrected chi connectivity index (χ3v) is 3.31. The highest BCUT2D eigenvalue weighted by molar-refractivity contribution is 5.85. The van der Waals surface area contributed by atoms with Crippen molar-refractivity contribution in [2.24, 2.45) is 11.7 Å². The van der Waals surface area contributed by atoms with Crippen molar-refractivity contribution in [1.29, 1.82) is 0 Å². The van der Waals surface area contributed by atoms with Crippen molar-refractivity contribution in [2.45, 2.75) is 32.6 Å². The van der Waals surface area contributed by atoms with Crippen molar-refractivity contribution in [3.63, 3.8) is 0 Å². The van der Waals surface area contributed by atoms with Crippen molar-refractivity contribution in [3.05, 3.63) is 42.7 Å². The fraction of sp³-hybridized carbons (Fsp3) is 0.444. The smallest absolute Gasteiger partial charge is 0.316 e. The Morgan fingerprint density at radius 1 is 1.00 bits per heavy atom. The third-order valence-electron chi connectivity index (χ3n) is 3.31. The van der Waals surface area contributed by atoms with Gasteiger partial charge in [-0.3, -0.25) is 5.73 Å². The largest absolute Gasteiger partial charge is 0.490 e. The highest BCUT2D eigenvalue weighted by atomic mass is 35.5. The van der Waals surface area contributed by atoms with Crippen molar-refractivity contribution in [2.75, 3.05) is 13.2 Å². The average Bonchev–Trinajstić information content (AvgIpc) is 2.60. The van der Waals surface area contributed by atoms with E-state index in [-0.39, 0.29) is 12.4 Å². The molecule has 7 nitrogen and oxygen atoms in total. The van der Waals surface area contributed by atoms with Crippen molar-refractivity contribution >= 4 is 12.4 Å². The van der Waals surface area contributed by atoms with Crippen molar-refractivity contribution in [3.8, 4) is 17.5 Å². The molecule has 0 saturated heterocycles. The zero-order valence-corrected chi connectivity index (χ0v) is 15.8. The second-order valence-electron chi connectivity index (χ2n) is 5.98. The molecule has 0 fully saturated rings. The molecule has 0 radical (unpaired) electrons. The zero-order chi connectivity index (χ0) is 18.1. The Kier molecular flexibility index (Phi) is 9.72. The van der Waals surface area contributed by atoms with Crippen LogP contribution in [0, 0.1) is 5.92 Å². The predicted octanol–water partition coefficient (Wildman–Crippen LogP) is 2.43. The van der Waals surface area contributed by atoms with Gasteiger partial charge in [-0.05, 0) is 42.7 Å². The van der Waals surface area contributed by atoms with Crippen LogP contribution in [0.4, 0.5) is 0 Å². The molecule has 144 valence electrons. The minimum atomic E-state index is -0.756. The summed E-state index contributed by atoms with van der Waals surface area (Å²) in [6.45, 7) is 4.75. The van der Waals surface area contributed by atoms with Crippen LogP contribution < -0.4 is 19.9 Å². The highest BCUT2D eigenvalue weighted by Crippen LogP contribution is 2.19. The zero-order valence-electron chi connectivity index (χ0n) is 14.9. The number of hydrogen-bond donors (Lipinski definition) is 2. The van der Waals surface area contributed by atoms with Gasteiger partial charge in [0.15, 0.2) is 6.23 Å². The lowest BCUT2D eigenvalue weighted by molar-refractivity contribution is 0.0268. The van der Waals surface area contributed by atoms with Gasteiger partial charge in [-0.2, -0.15) is 0 Å². The van der Waals surface area contributed by atoms with Crippen LogP contribution >= 0.6 is 12.4 Å². The first-order valence-corrected chi connectivity index (χ1v) is 8.27. The van der Waals surface area contributed by atoms with Gasteiger partial charge in [-0.25, -0.2) is 9.97 Å². The lowest BCUT2D eigenvalue weighted by atomic mass is 10.1. The maximum Gasteiger partial charge on any atom is 0.316 e. The lowest BCUT2D eigenvalue weighted by Gasteiger charge is -2.21. The Morgan fingerprint density at radius 2 is 1.58 bits per heavy atom. The average molecular weight is 384 g/mol. The number of hydrogen-bond acceptors (Lipinski definition) is 7. The number of ether oxygens (including phenoxy) is 3. The van der Waals surface area contributed by atoms with Crippen LogP contribution in [0.2, 0.25) is 0 Å². The topological polar surface area (TPSA) is 99.7 Å². The molecule has 0 aliphatic heterocycles. The molecule has 0 aliphatic carbocycles. The number of nitrogens with two attached hydrogens (primary N) is 1. The van der Waals surface area contributed by atoms with Gasteiger partial charge in [0.05, 0.1) is 0 Å². The van der Waals surface area contributed by atoms with Crippen LogP contribution in [0.15, 0.2) is 42.7 Å². The SMILES string of the molecule is CC(C)CC(O)C(N)Oc1ccc(OCCOc2ncccn2)cc1.Cl. The van der Waals surface area contributed by atoms with Crippen LogP contribution in [-0.4, -0.2) is 40.6 Å². The van der Waals surface area contributed by atoms with E-state index in [9.17, 15) is 5.11 Å². The van der Waals surface area contributed by atoms with Gasteiger partial charge in [0, 0.05) is 12.4 Å². The summed E-state index contributed by atoms with van der Waals surface area (Å²) in [5.74, 6) is 1.61. The molecule has 0 amide bonds. The Bertz CT molecular complexity index is 614. The van der Waals surface area contributed by atoms with Gasteiger partial charge in [0.1, 0.15) is 30.8 Å². The lowest BCUT2D eigenvalue weighted by Crippen LogP contribution is -2.40. The maximum atomic E-state index is 9.94. The second kappa shape index (κ2) is 11.5. The van der Waals surface area contributed by atoms with Crippen LogP contribution in [0.1, 0.15) is 20.3 Å². The van der Waals surface area contributed by atoms with Gasteiger partial charge in [-0.1, -0.05) is 13.8 Å². The van der Waals surface area contributed by atoms with Crippen LogP contribution in [0.25, 0.3) is 0 Å². The molecule has 2 unspecified atom stereocenters. The van der Waals surface area contributed by atoms with Gasteiger partial charge in [0.2, 0.25) is 0 Å². The molecule has 0 aliphatic rings. The van der Waals surface area contributed by atoms with E-state index in [0.717, 1.165) is 0 Å². The summed E-state index contributed by atoms with van der Waals surface area (Å²) in [6.07, 6.45) is 2.37. The molecule has 0 bridgehead atoms. The van der Waals surface area contributed by atoms with Crippen LogP contribution in [0.5, 0.6) is 17.5 Å². The summed E-state index contributed by atoms with van der Waals surface area (Å²) in [7, 11) is 0. The molecule has 0 spiro atoms. The van der Waals surface area contributed by atoms with Crippen LogP contribution in [0.3, 0.4) is 0 Å². The van der Waals surface area contributed by atoms with E-state index >= 15 is 0 Å². The first-order chi connectivity index (χ1) is 12.0. The summed E-state index contributed by atoms with van der Waals surface area (Å²) < 4.78 is 16.5. The number of halogens is 1. The van der Waals surface area contributed by atoms with Gasteiger partial charge < -0.3 is 19.3 Å². The van der Waals surface area contributed by atoms with E-state index in [4.69, 9.17) is 19.9 Å². The summed E-state index contributed by atoms with van der Waals surface area (Å²) in [6, 6.07) is 9.09. The number of rotatable bonds is 10. The molecule has 8 heteroatoms. The van der Waals surface area contributed by atoms with E-state index in [1.54, 1.807) is 42.7 Å². The summed E-state index contributed by atoms with van der Waals surface area (Å²) >= 11 is 0. The molecular weight excluding hydrogens is 358 g/mol. The fourth-order valence-corrected chi connectivity index (χ4v) is 2.12. The quantitative estimate of drug-likeness (QED) is 0.480. The Hall–Kier alpha value is -2.09. The number of benzene rings is 1. The molecule has 3 N–H and O–H groups in total. The number of nitrogens with zero attached hydrogens (tertiary/aromatic N) is 2. The van der Waals surface area contributed by atoms with E-state index in [0.29, 0.717) is 43.1 Å². The van der Waals surface area contributed by atoms with Crippen molar-refractivity contribution in [1.82, 2.24) is 9.97 Å². The molecule has 1 aromatic heterocycles. The normalized spacial score (nSPS) is 12.8. The first kappa shape index (κ1) is 22.0. The maximum absolute atomic E-state index is 9.94. The second-order valence-corrected chi connectivity index (χ2v) is 5.98. The molecular formula is C18H26ClN3O4. The van der Waals surface area contributed by atoms with Gasteiger partial charge >= 0.3 is 6.01 Å². The van der Waals surface area contributed by atoms with E-state index in [1.165, 1.54) is 0 Å². The Labute approximate surface area is 159 Å². The molecule has 0 saturated carbocycles. The van der Waals surface area contributed by atoms with Crippen molar-refractivity contribution < 1.29 is 19.3 Å². The predicted molar refractivity (Wildman–Crippen MR) is 101 cm³/mol. The number of aromatic nitrogens is 2. The number of aliphatic hydroxyl groups is 1. The Balaban J connectivity index is 0.00000338. The highest BCUT2D eigenvalue weighted by Gasteiger charge is 2.17. The first-order valence-electron chi connectivity index (χ1n) is 8.27. The fourth-order valence-electron chi connectivity index (χ4n) is 2.12. The summed E-state index contributed by atoms with van der Waals surface area (Å²) in [4.78, 5) is 7.91. The summed E-state index contributed by atoms with van der Waals surface area (Å²) in [5.41, 5.74) is 5.86. The molecule has 1 heterocycles. The minimum absolute atomic E-state index is 0.